The van der Waals surface area contributed by atoms with Gasteiger partial charge in [0.25, 0.3) is 0 Å². The molecule has 0 aliphatic carbocycles. The highest BCUT2D eigenvalue weighted by Gasteiger charge is 2.40. The Morgan fingerprint density at radius 3 is 2.18 bits per heavy atom. The summed E-state index contributed by atoms with van der Waals surface area (Å²) in [6.07, 6.45) is -3.21. The van der Waals surface area contributed by atoms with E-state index in [9.17, 15) is 32.6 Å². The minimum Gasteiger partial charge on any atom is -0.423 e. The zero-order valence-electron chi connectivity index (χ0n) is 26.0. The molecule has 11 nitrogen and oxygen atoms in total. The number of aryl methyl sites for hydroxylation is 1. The number of halogens is 3. The number of rotatable bonds is 13. The quantitative estimate of drug-likeness (QED) is 0.172. The normalized spacial score (nSPS) is 14.1. The first-order valence-corrected chi connectivity index (χ1v) is 14.8. The first kappa shape index (κ1) is 37.7. The fourth-order valence-corrected chi connectivity index (χ4v) is 4.59. The summed E-state index contributed by atoms with van der Waals surface area (Å²) < 4.78 is 41.6. The number of alkyl halides is 3. The number of amides is 3. The summed E-state index contributed by atoms with van der Waals surface area (Å²) in [6, 6.07) is 9.78. The minimum absolute atomic E-state index is 0.0911. The van der Waals surface area contributed by atoms with Gasteiger partial charge in [-0.1, -0.05) is 37.3 Å². The highest BCUT2D eigenvalue weighted by atomic mass is 19.4. The van der Waals surface area contributed by atoms with Crippen LogP contribution in [0, 0.1) is 0 Å². The van der Waals surface area contributed by atoms with Crippen LogP contribution in [0.5, 0.6) is 0 Å². The van der Waals surface area contributed by atoms with Crippen molar-refractivity contribution in [2.24, 2.45) is 17.2 Å². The van der Waals surface area contributed by atoms with Gasteiger partial charge in [-0.15, -0.1) is 0 Å². The van der Waals surface area contributed by atoms with Crippen LogP contribution in [0.15, 0.2) is 42.5 Å². The molecule has 0 bridgehead atoms. The molecule has 1 atom stereocenters. The maximum absolute atomic E-state index is 12.2. The van der Waals surface area contributed by atoms with Gasteiger partial charge in [0.15, 0.2) is 0 Å². The van der Waals surface area contributed by atoms with Crippen LogP contribution in [0.1, 0.15) is 55.9 Å². The molecule has 0 fully saturated rings. The number of benzene rings is 2. The lowest BCUT2D eigenvalue weighted by Gasteiger charge is -2.22. The third-order valence-electron chi connectivity index (χ3n) is 7.20. The van der Waals surface area contributed by atoms with Crippen molar-refractivity contribution in [2.75, 3.05) is 32.7 Å². The van der Waals surface area contributed by atoms with E-state index in [1.165, 1.54) is 12.1 Å². The molecule has 2 aromatic carbocycles. The summed E-state index contributed by atoms with van der Waals surface area (Å²) >= 11 is 0. The van der Waals surface area contributed by atoms with Crippen molar-refractivity contribution >= 4 is 30.3 Å². The predicted molar refractivity (Wildman–Crippen MR) is 166 cm³/mol. The Hall–Kier alpha value is -3.50. The van der Waals surface area contributed by atoms with Gasteiger partial charge in [0.1, 0.15) is 0 Å². The molecule has 15 heteroatoms. The van der Waals surface area contributed by atoms with Crippen molar-refractivity contribution in [3.05, 3.63) is 64.7 Å². The lowest BCUT2D eigenvalue weighted by Crippen LogP contribution is -2.45. The van der Waals surface area contributed by atoms with E-state index in [1.54, 1.807) is 17.0 Å². The Kier molecular flexibility index (Phi) is 14.5. The van der Waals surface area contributed by atoms with Crippen LogP contribution in [0.2, 0.25) is 0 Å². The van der Waals surface area contributed by atoms with Crippen molar-refractivity contribution in [3.63, 3.8) is 0 Å². The first-order chi connectivity index (χ1) is 21.1. The standard InChI is InChI=1S/C21H35BN6O5.C9H9F3/c1-21(2)15-11-14(3-4-16(15)22(32)33-21)12-26-18(29)13-27-20(31)17(25)5-6-19(30)28(9-7-23)10-8-24;1-2-7-3-5-8(6-4-7)9(10,11)12/h3-4,11,17,32H,5-10,12-13,23-25H2,1-2H3,(H,26,29)(H,27,31);3-6H,2H2,1H3. The summed E-state index contributed by atoms with van der Waals surface area (Å²) in [6.45, 7) is 7.11. The topological polar surface area (TPSA) is 186 Å². The van der Waals surface area contributed by atoms with E-state index in [1.807, 2.05) is 26.8 Å². The second-order valence-electron chi connectivity index (χ2n) is 11.0. The average Bonchev–Trinajstić information content (AvgIpc) is 3.23. The Bertz CT molecular complexity index is 1270. The van der Waals surface area contributed by atoms with Crippen molar-refractivity contribution in [1.82, 2.24) is 15.5 Å². The van der Waals surface area contributed by atoms with Gasteiger partial charge in [0.05, 0.1) is 23.8 Å². The van der Waals surface area contributed by atoms with Gasteiger partial charge >= 0.3 is 13.3 Å². The SMILES string of the molecule is CC1(C)OB(O)c2ccc(CNC(=O)CNC(=O)C(N)CCC(=O)N(CCN)CCN)cc21.CCc1ccc(C(F)(F)F)cc1. The van der Waals surface area contributed by atoms with Gasteiger partial charge in [-0.05, 0) is 61.0 Å². The molecule has 1 heterocycles. The van der Waals surface area contributed by atoms with Crippen LogP contribution in [-0.4, -0.2) is 73.5 Å². The van der Waals surface area contributed by atoms with E-state index in [2.05, 4.69) is 10.6 Å². The van der Waals surface area contributed by atoms with Crippen LogP contribution in [-0.2, 0) is 43.8 Å². The minimum atomic E-state index is -4.22. The number of nitrogens with two attached hydrogens (primary N) is 3. The maximum atomic E-state index is 12.2. The molecule has 248 valence electrons. The molecule has 3 amide bonds. The molecule has 1 aliphatic heterocycles. The van der Waals surface area contributed by atoms with Gasteiger partial charge in [0, 0.05) is 39.1 Å². The van der Waals surface area contributed by atoms with Crippen LogP contribution in [0.4, 0.5) is 13.2 Å². The van der Waals surface area contributed by atoms with Crippen molar-refractivity contribution in [1.29, 1.82) is 0 Å². The molecule has 1 unspecified atom stereocenters. The highest BCUT2D eigenvalue weighted by Crippen LogP contribution is 2.30. The maximum Gasteiger partial charge on any atom is 0.492 e. The molecule has 0 aromatic heterocycles. The lowest BCUT2D eigenvalue weighted by molar-refractivity contribution is -0.137. The van der Waals surface area contributed by atoms with Crippen LogP contribution < -0.4 is 33.3 Å². The second-order valence-corrected chi connectivity index (χ2v) is 11.0. The van der Waals surface area contributed by atoms with E-state index in [0.29, 0.717) is 31.6 Å². The van der Waals surface area contributed by atoms with Crippen LogP contribution in [0.3, 0.4) is 0 Å². The Morgan fingerprint density at radius 2 is 1.62 bits per heavy atom. The van der Waals surface area contributed by atoms with Gasteiger partial charge in [0.2, 0.25) is 17.7 Å². The molecule has 2 aromatic rings. The Morgan fingerprint density at radius 1 is 1.02 bits per heavy atom. The van der Waals surface area contributed by atoms with Crippen molar-refractivity contribution < 1.29 is 37.2 Å². The average molecular weight is 637 g/mol. The van der Waals surface area contributed by atoms with E-state index >= 15 is 0 Å². The van der Waals surface area contributed by atoms with Gasteiger partial charge in [-0.25, -0.2) is 0 Å². The fraction of sp³-hybridized carbons (Fsp3) is 0.500. The summed E-state index contributed by atoms with van der Waals surface area (Å²) in [5.41, 5.74) is 19.0. The number of hydrogen-bond donors (Lipinski definition) is 6. The predicted octanol–water partition coefficient (Wildman–Crippen LogP) is 0.493. The van der Waals surface area contributed by atoms with Crippen LogP contribution in [0.25, 0.3) is 0 Å². The fourth-order valence-electron chi connectivity index (χ4n) is 4.59. The monoisotopic (exact) mass is 636 g/mol. The summed E-state index contributed by atoms with van der Waals surface area (Å²) in [5, 5.41) is 15.2. The van der Waals surface area contributed by atoms with E-state index in [-0.39, 0.29) is 37.7 Å². The van der Waals surface area contributed by atoms with Gasteiger partial charge in [-0.2, -0.15) is 13.2 Å². The molecule has 0 radical (unpaired) electrons. The lowest BCUT2D eigenvalue weighted by atomic mass is 9.78. The molecule has 45 heavy (non-hydrogen) atoms. The third kappa shape index (κ3) is 11.7. The molecule has 3 rings (SSSR count). The molecular weight excluding hydrogens is 592 g/mol. The second kappa shape index (κ2) is 17.3. The number of carbonyl (C=O) groups excluding carboxylic acids is 3. The Balaban J connectivity index is 0.000000490. The molecule has 1 aliphatic rings. The van der Waals surface area contributed by atoms with E-state index in [0.717, 1.165) is 35.2 Å². The number of fused-ring (bicyclic) bond motifs is 1. The first-order valence-electron chi connectivity index (χ1n) is 14.8. The molecular formula is C30H44BF3N6O5. The van der Waals surface area contributed by atoms with Crippen molar-refractivity contribution in [3.8, 4) is 0 Å². The number of hydrogen-bond acceptors (Lipinski definition) is 8. The summed E-state index contributed by atoms with van der Waals surface area (Å²) in [5.74, 6) is -1.05. The van der Waals surface area contributed by atoms with Crippen LogP contribution >= 0.6 is 0 Å². The zero-order chi connectivity index (χ0) is 33.8. The molecule has 0 spiro atoms. The Labute approximate surface area is 262 Å². The number of carbonyl (C=O) groups is 3. The highest BCUT2D eigenvalue weighted by molar-refractivity contribution is 6.61. The molecule has 9 N–H and O–H groups in total. The third-order valence-corrected chi connectivity index (χ3v) is 7.20. The van der Waals surface area contributed by atoms with Crippen molar-refractivity contribution in [2.45, 2.75) is 64.4 Å². The zero-order valence-corrected chi connectivity index (χ0v) is 26.0. The largest absolute Gasteiger partial charge is 0.492 e. The van der Waals surface area contributed by atoms with Gasteiger partial charge < -0.3 is 42.4 Å². The number of nitrogens with zero attached hydrogens (tertiary/aromatic N) is 1. The molecule has 0 saturated heterocycles. The number of nitrogens with one attached hydrogen (secondary N) is 2. The summed E-state index contributed by atoms with van der Waals surface area (Å²) in [4.78, 5) is 38.1. The van der Waals surface area contributed by atoms with E-state index < -0.39 is 36.4 Å². The van der Waals surface area contributed by atoms with Gasteiger partial charge in [-0.3, -0.25) is 14.4 Å². The molecule has 0 saturated carbocycles. The smallest absolute Gasteiger partial charge is 0.423 e. The summed E-state index contributed by atoms with van der Waals surface area (Å²) in [7, 11) is -0.960. The van der Waals surface area contributed by atoms with E-state index in [4.69, 9.17) is 21.9 Å².